The van der Waals surface area contributed by atoms with Gasteiger partial charge in [0.2, 0.25) is 0 Å². The van der Waals surface area contributed by atoms with Crippen molar-refractivity contribution < 1.29 is 9.90 Å². The number of carbonyl (C=O) groups excluding carboxylic acids is 1. The van der Waals surface area contributed by atoms with Gasteiger partial charge in [-0.05, 0) is 6.07 Å². The van der Waals surface area contributed by atoms with E-state index >= 15 is 0 Å². The van der Waals surface area contributed by atoms with E-state index in [2.05, 4.69) is 0 Å². The minimum Gasteiger partial charge on any atom is -0.396 e. The van der Waals surface area contributed by atoms with Gasteiger partial charge in [0.15, 0.2) is 0 Å². The summed E-state index contributed by atoms with van der Waals surface area (Å²) in [6.45, 7) is 1.39. The number of amides is 1. The third-order valence-corrected chi connectivity index (χ3v) is 4.90. The predicted molar refractivity (Wildman–Crippen MR) is 73.3 cm³/mol. The lowest BCUT2D eigenvalue weighted by molar-refractivity contribution is 0.0366. The molecule has 94 valence electrons. The van der Waals surface area contributed by atoms with Gasteiger partial charge in [-0.25, -0.2) is 0 Å². The molecule has 2 heterocycles. The molecule has 1 aromatic carbocycles. The second-order valence-electron chi connectivity index (χ2n) is 4.50. The topological polar surface area (TPSA) is 40.5 Å². The Labute approximate surface area is 114 Å². The van der Waals surface area contributed by atoms with Gasteiger partial charge in [-0.1, -0.05) is 29.8 Å². The van der Waals surface area contributed by atoms with Crippen molar-refractivity contribution in [3.8, 4) is 0 Å². The summed E-state index contributed by atoms with van der Waals surface area (Å²) in [6, 6.07) is 7.75. The van der Waals surface area contributed by atoms with Gasteiger partial charge >= 0.3 is 0 Å². The first kappa shape index (κ1) is 12.0. The largest absolute Gasteiger partial charge is 0.396 e. The van der Waals surface area contributed by atoms with Gasteiger partial charge in [-0.15, -0.1) is 11.3 Å². The van der Waals surface area contributed by atoms with Crippen molar-refractivity contribution in [2.24, 2.45) is 5.92 Å². The summed E-state index contributed by atoms with van der Waals surface area (Å²) in [5.74, 6) is 0.202. The molecular formula is C13H12ClNO2S. The third kappa shape index (κ3) is 1.81. The number of hydrogen-bond donors (Lipinski definition) is 1. The quantitative estimate of drug-likeness (QED) is 0.919. The predicted octanol–water partition coefficient (Wildman–Crippen LogP) is 2.62. The van der Waals surface area contributed by atoms with Gasteiger partial charge < -0.3 is 10.0 Å². The van der Waals surface area contributed by atoms with Gasteiger partial charge in [0.1, 0.15) is 4.88 Å². The highest BCUT2D eigenvalue weighted by Crippen LogP contribution is 2.36. The van der Waals surface area contributed by atoms with E-state index in [1.807, 2.05) is 24.3 Å². The average Bonchev–Trinajstić information content (AvgIpc) is 2.66. The number of carbonyl (C=O) groups is 1. The lowest BCUT2D eigenvalue weighted by Gasteiger charge is -2.38. The van der Waals surface area contributed by atoms with Crippen molar-refractivity contribution in [3.63, 3.8) is 0 Å². The van der Waals surface area contributed by atoms with Crippen LogP contribution in [0.5, 0.6) is 0 Å². The summed E-state index contributed by atoms with van der Waals surface area (Å²) >= 11 is 7.69. The van der Waals surface area contributed by atoms with E-state index in [-0.39, 0.29) is 18.4 Å². The maximum Gasteiger partial charge on any atom is 0.265 e. The van der Waals surface area contributed by atoms with E-state index < -0.39 is 0 Å². The summed E-state index contributed by atoms with van der Waals surface area (Å²) in [7, 11) is 0. The second-order valence-corrected chi connectivity index (χ2v) is 5.93. The van der Waals surface area contributed by atoms with E-state index in [1.165, 1.54) is 11.3 Å². The van der Waals surface area contributed by atoms with Crippen molar-refractivity contribution in [3.05, 3.63) is 34.2 Å². The van der Waals surface area contributed by atoms with Crippen LogP contribution in [0.2, 0.25) is 5.02 Å². The molecule has 0 saturated carbocycles. The highest BCUT2D eigenvalue weighted by atomic mass is 35.5. The van der Waals surface area contributed by atoms with E-state index in [0.29, 0.717) is 23.0 Å². The molecule has 1 aliphatic rings. The summed E-state index contributed by atoms with van der Waals surface area (Å²) in [5.41, 5.74) is 0. The van der Waals surface area contributed by atoms with Crippen LogP contribution in [0, 0.1) is 5.92 Å². The number of benzene rings is 1. The van der Waals surface area contributed by atoms with Crippen LogP contribution in [0.15, 0.2) is 24.3 Å². The van der Waals surface area contributed by atoms with Crippen LogP contribution in [0.1, 0.15) is 9.67 Å². The van der Waals surface area contributed by atoms with Crippen LogP contribution in [0.25, 0.3) is 10.1 Å². The van der Waals surface area contributed by atoms with E-state index in [9.17, 15) is 4.79 Å². The number of nitrogens with zero attached hydrogens (tertiary/aromatic N) is 1. The number of fused-ring (bicyclic) bond motifs is 1. The maximum absolute atomic E-state index is 12.2. The van der Waals surface area contributed by atoms with Crippen LogP contribution in [0.3, 0.4) is 0 Å². The van der Waals surface area contributed by atoms with Gasteiger partial charge in [0.05, 0.1) is 5.02 Å². The fourth-order valence-electron chi connectivity index (χ4n) is 2.15. The number of rotatable bonds is 2. The van der Waals surface area contributed by atoms with Crippen LogP contribution in [-0.2, 0) is 0 Å². The molecule has 1 saturated heterocycles. The zero-order chi connectivity index (χ0) is 12.7. The molecule has 0 spiro atoms. The van der Waals surface area contributed by atoms with E-state index in [1.54, 1.807) is 4.90 Å². The zero-order valence-electron chi connectivity index (χ0n) is 9.60. The Morgan fingerprint density at radius 3 is 2.83 bits per heavy atom. The smallest absolute Gasteiger partial charge is 0.265 e. The van der Waals surface area contributed by atoms with Crippen LogP contribution in [0.4, 0.5) is 0 Å². The van der Waals surface area contributed by atoms with Crippen molar-refractivity contribution >= 4 is 38.9 Å². The molecule has 0 atom stereocenters. The molecule has 1 aromatic heterocycles. The minimum absolute atomic E-state index is 0.0223. The Bertz CT molecular complexity index is 604. The number of aliphatic hydroxyl groups is 1. The molecule has 18 heavy (non-hydrogen) atoms. The van der Waals surface area contributed by atoms with Gasteiger partial charge in [-0.3, -0.25) is 4.79 Å². The van der Waals surface area contributed by atoms with Crippen molar-refractivity contribution in [2.75, 3.05) is 19.7 Å². The van der Waals surface area contributed by atoms with Crippen LogP contribution >= 0.6 is 22.9 Å². The highest BCUT2D eigenvalue weighted by molar-refractivity contribution is 7.21. The Kier molecular flexibility index (Phi) is 3.01. The molecule has 3 rings (SSSR count). The lowest BCUT2D eigenvalue weighted by atomic mass is 10.0. The number of hydrogen-bond acceptors (Lipinski definition) is 3. The Balaban J connectivity index is 1.90. The van der Waals surface area contributed by atoms with Gasteiger partial charge in [-0.2, -0.15) is 0 Å². The van der Waals surface area contributed by atoms with Gasteiger partial charge in [0.25, 0.3) is 5.91 Å². The first-order valence-electron chi connectivity index (χ1n) is 5.78. The molecule has 1 amide bonds. The fraction of sp³-hybridized carbons (Fsp3) is 0.308. The number of halogens is 1. The van der Waals surface area contributed by atoms with Crippen LogP contribution in [-0.4, -0.2) is 35.6 Å². The number of aliphatic hydroxyl groups excluding tert-OH is 1. The molecule has 0 aliphatic carbocycles. The molecule has 5 heteroatoms. The Morgan fingerprint density at radius 1 is 1.44 bits per heavy atom. The van der Waals surface area contributed by atoms with E-state index in [4.69, 9.17) is 16.7 Å². The minimum atomic E-state index is -0.0223. The molecule has 1 aliphatic heterocycles. The maximum atomic E-state index is 12.2. The molecule has 0 radical (unpaired) electrons. The molecule has 0 unspecified atom stereocenters. The van der Waals surface area contributed by atoms with Gasteiger partial charge in [0, 0.05) is 35.7 Å². The normalized spacial score (nSPS) is 16.0. The standard InChI is InChI=1S/C13H12ClNO2S/c14-11-9-3-1-2-4-10(9)18-12(11)13(17)15-5-8(6-15)7-16/h1-4,8,16H,5-7H2. The zero-order valence-corrected chi connectivity index (χ0v) is 11.2. The molecule has 1 fully saturated rings. The molecule has 1 N–H and O–H groups in total. The Hall–Kier alpha value is -1.10. The van der Waals surface area contributed by atoms with E-state index in [0.717, 1.165) is 10.1 Å². The second kappa shape index (κ2) is 4.53. The monoisotopic (exact) mass is 281 g/mol. The highest BCUT2D eigenvalue weighted by Gasteiger charge is 2.32. The summed E-state index contributed by atoms with van der Waals surface area (Å²) < 4.78 is 1.03. The summed E-state index contributed by atoms with van der Waals surface area (Å²) in [6.07, 6.45) is 0. The van der Waals surface area contributed by atoms with Crippen molar-refractivity contribution in [1.82, 2.24) is 4.90 Å². The third-order valence-electron chi connectivity index (χ3n) is 3.23. The lowest BCUT2D eigenvalue weighted by Crippen LogP contribution is -2.51. The first-order chi connectivity index (χ1) is 8.70. The first-order valence-corrected chi connectivity index (χ1v) is 6.97. The Morgan fingerprint density at radius 2 is 2.17 bits per heavy atom. The SMILES string of the molecule is O=C(c1sc2ccccc2c1Cl)N1CC(CO)C1. The fourth-order valence-corrected chi connectivity index (χ4v) is 3.63. The average molecular weight is 282 g/mol. The molecule has 0 bridgehead atoms. The number of thiophene rings is 1. The van der Waals surface area contributed by atoms with Crippen molar-refractivity contribution in [1.29, 1.82) is 0 Å². The number of likely N-dealkylation sites (tertiary alicyclic amines) is 1. The molecule has 2 aromatic rings. The molecular weight excluding hydrogens is 270 g/mol. The summed E-state index contributed by atoms with van der Waals surface area (Å²) in [4.78, 5) is 14.6. The van der Waals surface area contributed by atoms with Crippen molar-refractivity contribution in [2.45, 2.75) is 0 Å². The summed E-state index contributed by atoms with van der Waals surface area (Å²) in [5, 5.41) is 10.4. The van der Waals surface area contributed by atoms with Crippen LogP contribution < -0.4 is 0 Å². The molecule has 3 nitrogen and oxygen atoms in total.